The van der Waals surface area contributed by atoms with E-state index in [1.54, 1.807) is 0 Å². The van der Waals surface area contributed by atoms with Crippen LogP contribution in [0.2, 0.25) is 0 Å². The summed E-state index contributed by atoms with van der Waals surface area (Å²) >= 11 is 0. The van der Waals surface area contributed by atoms with Gasteiger partial charge in [-0.25, -0.2) is 0 Å². The van der Waals surface area contributed by atoms with Crippen molar-refractivity contribution in [2.75, 3.05) is 36.8 Å². The third-order valence-corrected chi connectivity index (χ3v) is 6.72. The third-order valence-electron chi connectivity index (χ3n) is 6.72. The Hall–Kier alpha value is -2.27. The maximum absolute atomic E-state index is 5.95. The van der Waals surface area contributed by atoms with Crippen molar-refractivity contribution in [3.8, 4) is 5.75 Å². The molecule has 1 saturated heterocycles. The Morgan fingerprint density at radius 2 is 1.86 bits per heavy atom. The number of aromatic nitrogens is 1. The van der Waals surface area contributed by atoms with Crippen molar-refractivity contribution in [3.63, 3.8) is 0 Å². The van der Waals surface area contributed by atoms with Gasteiger partial charge in [-0.3, -0.25) is 4.98 Å². The molecule has 5 heteroatoms. The molecule has 2 aliphatic heterocycles. The SMILES string of the molecule is CC1Oc2cnccc2N1CC1CCN(CCC(C)(C)c2ccc(N)cc2)CC1. The van der Waals surface area contributed by atoms with Crippen LogP contribution in [-0.2, 0) is 5.41 Å². The molecule has 1 unspecified atom stereocenters. The highest BCUT2D eigenvalue weighted by Crippen LogP contribution is 2.37. The van der Waals surface area contributed by atoms with Crippen molar-refractivity contribution < 1.29 is 4.74 Å². The molecule has 1 aromatic heterocycles. The number of nitrogen functional groups attached to an aromatic ring is 1. The Bertz CT molecular complexity index is 812. The highest BCUT2D eigenvalue weighted by atomic mass is 16.5. The number of hydrogen-bond acceptors (Lipinski definition) is 5. The van der Waals surface area contributed by atoms with E-state index in [-0.39, 0.29) is 11.6 Å². The molecule has 1 fully saturated rings. The second-order valence-electron chi connectivity index (χ2n) is 9.25. The summed E-state index contributed by atoms with van der Waals surface area (Å²) in [6.45, 7) is 11.4. The van der Waals surface area contributed by atoms with Gasteiger partial charge >= 0.3 is 0 Å². The Morgan fingerprint density at radius 3 is 2.59 bits per heavy atom. The molecule has 29 heavy (non-hydrogen) atoms. The molecule has 5 nitrogen and oxygen atoms in total. The Balaban J connectivity index is 1.26. The fraction of sp³-hybridized carbons (Fsp3) is 0.542. The minimum atomic E-state index is 0.105. The molecule has 0 amide bonds. The molecule has 0 bridgehead atoms. The number of hydrogen-bond donors (Lipinski definition) is 1. The van der Waals surface area contributed by atoms with Gasteiger partial charge in [0.2, 0.25) is 0 Å². The normalized spacial score (nSPS) is 20.5. The molecule has 2 N–H and O–H groups in total. The molecule has 0 aliphatic carbocycles. The molecule has 1 atom stereocenters. The standard InChI is InChI=1S/C24H34N4O/c1-18-28(22-8-12-26-16-23(22)29-18)17-19-9-13-27(14-10-19)15-11-24(2,3)20-4-6-21(25)7-5-20/h4-8,12,16,18-19H,9-11,13-15,17,25H2,1-3H3. The third kappa shape index (κ3) is 4.50. The highest BCUT2D eigenvalue weighted by Gasteiger charge is 2.31. The maximum atomic E-state index is 5.95. The molecule has 2 aromatic rings. The zero-order chi connectivity index (χ0) is 20.4. The van der Waals surface area contributed by atoms with Gasteiger partial charge in [0.1, 0.15) is 0 Å². The zero-order valence-corrected chi connectivity index (χ0v) is 18.0. The van der Waals surface area contributed by atoms with Crippen LogP contribution in [0.5, 0.6) is 5.75 Å². The summed E-state index contributed by atoms with van der Waals surface area (Å²) in [6, 6.07) is 10.5. The molecule has 4 rings (SSSR count). The van der Waals surface area contributed by atoms with Crippen LogP contribution in [0.15, 0.2) is 42.7 Å². The second kappa shape index (κ2) is 8.23. The summed E-state index contributed by atoms with van der Waals surface area (Å²) in [5.74, 6) is 1.64. The summed E-state index contributed by atoms with van der Waals surface area (Å²) in [4.78, 5) is 9.22. The molecule has 0 radical (unpaired) electrons. The van der Waals surface area contributed by atoms with Crippen molar-refractivity contribution in [1.29, 1.82) is 0 Å². The topological polar surface area (TPSA) is 54.6 Å². The lowest BCUT2D eigenvalue weighted by atomic mass is 9.81. The van der Waals surface area contributed by atoms with Crippen LogP contribution in [0.4, 0.5) is 11.4 Å². The quantitative estimate of drug-likeness (QED) is 0.741. The second-order valence-corrected chi connectivity index (χ2v) is 9.25. The van der Waals surface area contributed by atoms with Crippen LogP contribution < -0.4 is 15.4 Å². The molecular formula is C24H34N4O. The fourth-order valence-corrected chi connectivity index (χ4v) is 4.58. The predicted octanol–water partition coefficient (Wildman–Crippen LogP) is 4.29. The molecule has 0 spiro atoms. The van der Waals surface area contributed by atoms with Crippen molar-refractivity contribution >= 4 is 11.4 Å². The summed E-state index contributed by atoms with van der Waals surface area (Å²) in [5, 5.41) is 0. The van der Waals surface area contributed by atoms with E-state index < -0.39 is 0 Å². The number of nitrogens with zero attached hydrogens (tertiary/aromatic N) is 3. The van der Waals surface area contributed by atoms with E-state index >= 15 is 0 Å². The first-order valence-electron chi connectivity index (χ1n) is 10.9. The van der Waals surface area contributed by atoms with E-state index in [1.807, 2.05) is 24.5 Å². The Labute approximate surface area is 174 Å². The van der Waals surface area contributed by atoms with Crippen LogP contribution in [0.1, 0.15) is 45.6 Å². The van der Waals surface area contributed by atoms with Gasteiger partial charge in [0.05, 0.1) is 11.9 Å². The first-order chi connectivity index (χ1) is 13.9. The van der Waals surface area contributed by atoms with E-state index in [0.717, 1.165) is 30.4 Å². The average Bonchev–Trinajstić information content (AvgIpc) is 3.03. The molecule has 3 heterocycles. The van der Waals surface area contributed by atoms with Crippen LogP contribution in [0.3, 0.4) is 0 Å². The van der Waals surface area contributed by atoms with Crippen molar-refractivity contribution in [2.24, 2.45) is 5.92 Å². The Morgan fingerprint density at radius 1 is 1.14 bits per heavy atom. The molecule has 156 valence electrons. The molecular weight excluding hydrogens is 360 g/mol. The van der Waals surface area contributed by atoms with Gasteiger partial charge in [0, 0.05) is 18.4 Å². The van der Waals surface area contributed by atoms with Gasteiger partial charge in [-0.1, -0.05) is 26.0 Å². The van der Waals surface area contributed by atoms with E-state index in [2.05, 4.69) is 53.8 Å². The van der Waals surface area contributed by atoms with Crippen LogP contribution in [0, 0.1) is 5.92 Å². The number of nitrogens with two attached hydrogens (primary N) is 1. The van der Waals surface area contributed by atoms with Crippen molar-refractivity contribution in [1.82, 2.24) is 9.88 Å². The van der Waals surface area contributed by atoms with Gasteiger partial charge in [-0.05, 0) is 80.9 Å². The smallest absolute Gasteiger partial charge is 0.169 e. The minimum absolute atomic E-state index is 0.105. The number of likely N-dealkylation sites (tertiary alicyclic amines) is 1. The number of pyridine rings is 1. The lowest BCUT2D eigenvalue weighted by Crippen LogP contribution is -2.42. The van der Waals surface area contributed by atoms with Gasteiger partial charge in [0.25, 0.3) is 0 Å². The zero-order valence-electron chi connectivity index (χ0n) is 18.0. The molecule has 0 saturated carbocycles. The number of benzene rings is 1. The number of piperidine rings is 1. The summed E-state index contributed by atoms with van der Waals surface area (Å²) in [7, 11) is 0. The van der Waals surface area contributed by atoms with E-state index in [0.29, 0.717) is 0 Å². The highest BCUT2D eigenvalue weighted by molar-refractivity contribution is 5.60. The van der Waals surface area contributed by atoms with Crippen molar-refractivity contribution in [2.45, 2.75) is 51.7 Å². The summed E-state index contributed by atoms with van der Waals surface area (Å²) in [5.41, 5.74) is 9.42. The minimum Gasteiger partial charge on any atom is -0.467 e. The monoisotopic (exact) mass is 394 g/mol. The number of ether oxygens (including phenoxy) is 1. The van der Waals surface area contributed by atoms with Gasteiger partial charge < -0.3 is 20.3 Å². The predicted molar refractivity (Wildman–Crippen MR) is 119 cm³/mol. The van der Waals surface area contributed by atoms with Crippen LogP contribution >= 0.6 is 0 Å². The van der Waals surface area contributed by atoms with E-state index in [9.17, 15) is 0 Å². The van der Waals surface area contributed by atoms with E-state index in [1.165, 1.54) is 43.6 Å². The summed E-state index contributed by atoms with van der Waals surface area (Å²) < 4.78 is 5.95. The van der Waals surface area contributed by atoms with Gasteiger partial charge in [-0.15, -0.1) is 0 Å². The first kappa shape index (κ1) is 20.0. The van der Waals surface area contributed by atoms with Gasteiger partial charge in [0.15, 0.2) is 12.0 Å². The number of rotatable bonds is 6. The largest absolute Gasteiger partial charge is 0.467 e. The summed E-state index contributed by atoms with van der Waals surface area (Å²) in [6.07, 6.45) is 7.47. The van der Waals surface area contributed by atoms with E-state index in [4.69, 9.17) is 10.5 Å². The van der Waals surface area contributed by atoms with Crippen molar-refractivity contribution in [3.05, 3.63) is 48.3 Å². The van der Waals surface area contributed by atoms with Crippen LogP contribution in [0.25, 0.3) is 0 Å². The van der Waals surface area contributed by atoms with Gasteiger partial charge in [-0.2, -0.15) is 0 Å². The first-order valence-corrected chi connectivity index (χ1v) is 10.9. The average molecular weight is 395 g/mol. The maximum Gasteiger partial charge on any atom is 0.169 e. The number of fused-ring (bicyclic) bond motifs is 1. The lowest BCUT2D eigenvalue weighted by molar-refractivity contribution is 0.166. The lowest BCUT2D eigenvalue weighted by Gasteiger charge is -2.36. The number of anilines is 2. The molecule has 2 aliphatic rings. The Kier molecular flexibility index (Phi) is 5.68. The fourth-order valence-electron chi connectivity index (χ4n) is 4.58. The molecule has 1 aromatic carbocycles. The van der Waals surface area contributed by atoms with Crippen LogP contribution in [-0.4, -0.2) is 42.3 Å².